The van der Waals surface area contributed by atoms with Gasteiger partial charge in [0, 0.05) is 25.0 Å². The zero-order valence-electron chi connectivity index (χ0n) is 8.69. The zero-order valence-corrected chi connectivity index (χ0v) is 8.69. The number of rotatable bonds is 2. The van der Waals surface area contributed by atoms with E-state index in [1.165, 1.54) is 18.3 Å². The monoisotopic (exact) mass is 220 g/mol. The van der Waals surface area contributed by atoms with E-state index in [4.69, 9.17) is 0 Å². The third-order valence-electron chi connectivity index (χ3n) is 2.31. The summed E-state index contributed by atoms with van der Waals surface area (Å²) in [5, 5.41) is 0. The Kier molecular flexibility index (Phi) is 2.81. The molecule has 0 fully saturated rings. The van der Waals surface area contributed by atoms with Crippen LogP contribution < -0.4 is 4.90 Å². The van der Waals surface area contributed by atoms with Crippen LogP contribution in [0.25, 0.3) is 0 Å². The van der Waals surface area contributed by atoms with Crippen molar-refractivity contribution in [3.63, 3.8) is 0 Å². The van der Waals surface area contributed by atoms with Gasteiger partial charge < -0.3 is 4.90 Å². The molecule has 2 aromatic rings. The van der Waals surface area contributed by atoms with E-state index in [0.717, 1.165) is 0 Å². The summed E-state index contributed by atoms with van der Waals surface area (Å²) in [6.07, 6.45) is 1.35. The van der Waals surface area contributed by atoms with Crippen LogP contribution in [0.15, 0.2) is 42.6 Å². The van der Waals surface area contributed by atoms with Crippen molar-refractivity contribution in [3.05, 3.63) is 54.4 Å². The molecule has 0 saturated carbocycles. The van der Waals surface area contributed by atoms with Crippen LogP contribution in [-0.4, -0.2) is 12.0 Å². The first kappa shape index (κ1) is 10.5. The molecule has 1 aromatic heterocycles. The van der Waals surface area contributed by atoms with Gasteiger partial charge in [-0.25, -0.2) is 9.37 Å². The van der Waals surface area contributed by atoms with Gasteiger partial charge in [0.25, 0.3) is 0 Å². The van der Waals surface area contributed by atoms with E-state index >= 15 is 0 Å². The molecule has 82 valence electrons. The van der Waals surface area contributed by atoms with Crippen LogP contribution in [0.4, 0.5) is 20.2 Å². The summed E-state index contributed by atoms with van der Waals surface area (Å²) in [6, 6.07) is 9.21. The zero-order chi connectivity index (χ0) is 11.5. The molecule has 1 aromatic carbocycles. The van der Waals surface area contributed by atoms with Crippen molar-refractivity contribution in [2.75, 3.05) is 11.9 Å². The molecule has 0 atom stereocenters. The Hall–Kier alpha value is -1.97. The van der Waals surface area contributed by atoms with Crippen molar-refractivity contribution in [3.8, 4) is 0 Å². The van der Waals surface area contributed by atoms with Crippen LogP contribution >= 0.6 is 0 Å². The average molecular weight is 220 g/mol. The summed E-state index contributed by atoms with van der Waals surface area (Å²) in [4.78, 5) is 5.02. The van der Waals surface area contributed by atoms with E-state index in [-0.39, 0.29) is 5.82 Å². The third kappa shape index (κ3) is 2.00. The highest BCUT2D eigenvalue weighted by atomic mass is 19.1. The third-order valence-corrected chi connectivity index (χ3v) is 2.31. The number of benzene rings is 1. The van der Waals surface area contributed by atoms with Gasteiger partial charge in [-0.15, -0.1) is 0 Å². The molecule has 2 nitrogen and oxygen atoms in total. The van der Waals surface area contributed by atoms with Crippen LogP contribution in [0.1, 0.15) is 0 Å². The molecule has 0 radical (unpaired) electrons. The van der Waals surface area contributed by atoms with Crippen LogP contribution in [-0.2, 0) is 0 Å². The van der Waals surface area contributed by atoms with Crippen molar-refractivity contribution in [1.29, 1.82) is 0 Å². The van der Waals surface area contributed by atoms with E-state index in [0.29, 0.717) is 11.4 Å². The van der Waals surface area contributed by atoms with Crippen molar-refractivity contribution in [2.45, 2.75) is 0 Å². The molecule has 0 saturated heterocycles. The van der Waals surface area contributed by atoms with Crippen LogP contribution in [0.2, 0.25) is 0 Å². The maximum atomic E-state index is 13.5. The second-order valence-corrected chi connectivity index (χ2v) is 3.35. The predicted molar refractivity (Wildman–Crippen MR) is 58.7 cm³/mol. The summed E-state index contributed by atoms with van der Waals surface area (Å²) in [5.41, 5.74) is 0.950. The lowest BCUT2D eigenvalue weighted by atomic mass is 10.2. The number of para-hydroxylation sites is 1. The van der Waals surface area contributed by atoms with E-state index < -0.39 is 5.95 Å². The molecule has 0 N–H and O–H groups in total. The lowest BCUT2D eigenvalue weighted by Crippen LogP contribution is -2.11. The minimum Gasteiger partial charge on any atom is -0.342 e. The quantitative estimate of drug-likeness (QED) is 0.723. The van der Waals surface area contributed by atoms with Crippen molar-refractivity contribution >= 4 is 11.4 Å². The highest BCUT2D eigenvalue weighted by Crippen LogP contribution is 2.25. The molecule has 4 heteroatoms. The largest absolute Gasteiger partial charge is 0.342 e. The average Bonchev–Trinajstić information content (AvgIpc) is 2.29. The SMILES string of the molecule is CN(c1ccnc(F)c1)c1ccccc1F. The Bertz CT molecular complexity index is 500. The summed E-state index contributed by atoms with van der Waals surface area (Å²) >= 11 is 0. The first-order valence-corrected chi connectivity index (χ1v) is 4.78. The molecule has 0 spiro atoms. The van der Waals surface area contributed by atoms with E-state index in [9.17, 15) is 8.78 Å². The van der Waals surface area contributed by atoms with Gasteiger partial charge >= 0.3 is 0 Å². The number of anilines is 2. The topological polar surface area (TPSA) is 16.1 Å². The molecular formula is C12H10F2N2. The first-order chi connectivity index (χ1) is 7.68. The minimum atomic E-state index is -0.583. The second kappa shape index (κ2) is 4.26. The Morgan fingerprint density at radius 2 is 1.88 bits per heavy atom. The van der Waals surface area contributed by atoms with E-state index in [1.54, 1.807) is 36.2 Å². The highest BCUT2D eigenvalue weighted by Gasteiger charge is 2.09. The number of pyridine rings is 1. The number of aromatic nitrogens is 1. The van der Waals surface area contributed by atoms with Gasteiger partial charge in [0.2, 0.25) is 5.95 Å². The molecule has 0 amide bonds. The standard InChI is InChI=1S/C12H10F2N2/c1-16(9-6-7-15-12(14)8-9)11-5-3-2-4-10(11)13/h2-8H,1H3. The fourth-order valence-corrected chi connectivity index (χ4v) is 1.46. The molecule has 2 rings (SSSR count). The normalized spacial score (nSPS) is 10.2. The highest BCUT2D eigenvalue weighted by molar-refractivity contribution is 5.62. The van der Waals surface area contributed by atoms with Crippen molar-refractivity contribution in [1.82, 2.24) is 4.98 Å². The van der Waals surface area contributed by atoms with Crippen LogP contribution in [0.5, 0.6) is 0 Å². The summed E-state index contributed by atoms with van der Waals surface area (Å²) in [5.74, 6) is -0.928. The number of hydrogen-bond acceptors (Lipinski definition) is 2. The molecule has 0 aliphatic heterocycles. The summed E-state index contributed by atoms with van der Waals surface area (Å²) < 4.78 is 26.4. The van der Waals surface area contributed by atoms with Gasteiger partial charge in [-0.2, -0.15) is 4.39 Å². The molecule has 0 bridgehead atoms. The number of halogens is 2. The minimum absolute atomic E-state index is 0.345. The van der Waals surface area contributed by atoms with Crippen molar-refractivity contribution < 1.29 is 8.78 Å². The fourth-order valence-electron chi connectivity index (χ4n) is 1.46. The maximum absolute atomic E-state index is 13.5. The van der Waals surface area contributed by atoms with Crippen molar-refractivity contribution in [2.24, 2.45) is 0 Å². The van der Waals surface area contributed by atoms with Crippen LogP contribution in [0, 0.1) is 11.8 Å². The molecule has 0 unspecified atom stereocenters. The first-order valence-electron chi connectivity index (χ1n) is 4.78. The molecule has 0 aliphatic rings. The Morgan fingerprint density at radius 3 is 2.56 bits per heavy atom. The van der Waals surface area contributed by atoms with Crippen LogP contribution in [0.3, 0.4) is 0 Å². The van der Waals surface area contributed by atoms with Gasteiger partial charge in [-0.1, -0.05) is 12.1 Å². The Balaban J connectivity index is 2.39. The van der Waals surface area contributed by atoms with Gasteiger partial charge in [0.05, 0.1) is 5.69 Å². The summed E-state index contributed by atoms with van der Waals surface area (Å²) in [7, 11) is 1.67. The molecule has 1 heterocycles. The van der Waals surface area contributed by atoms with Gasteiger partial charge in [-0.05, 0) is 18.2 Å². The smallest absolute Gasteiger partial charge is 0.214 e. The fraction of sp³-hybridized carbons (Fsp3) is 0.0833. The predicted octanol–water partition coefficient (Wildman–Crippen LogP) is 3.13. The number of hydrogen-bond donors (Lipinski definition) is 0. The van der Waals surface area contributed by atoms with Gasteiger partial charge in [0.1, 0.15) is 5.82 Å². The van der Waals surface area contributed by atoms with E-state index in [1.807, 2.05) is 0 Å². The second-order valence-electron chi connectivity index (χ2n) is 3.35. The maximum Gasteiger partial charge on any atom is 0.214 e. The Morgan fingerprint density at radius 1 is 1.12 bits per heavy atom. The summed E-state index contributed by atoms with van der Waals surface area (Å²) in [6.45, 7) is 0. The van der Waals surface area contributed by atoms with Gasteiger partial charge in [0.15, 0.2) is 0 Å². The molecular weight excluding hydrogens is 210 g/mol. The lowest BCUT2D eigenvalue weighted by Gasteiger charge is -2.19. The lowest BCUT2D eigenvalue weighted by molar-refractivity contribution is 0.583. The number of nitrogens with zero attached hydrogens (tertiary/aromatic N) is 2. The van der Waals surface area contributed by atoms with Gasteiger partial charge in [-0.3, -0.25) is 0 Å². The molecule has 16 heavy (non-hydrogen) atoms. The molecule has 0 aliphatic carbocycles. The Labute approximate surface area is 92.2 Å². The van der Waals surface area contributed by atoms with E-state index in [2.05, 4.69) is 4.98 Å².